The topological polar surface area (TPSA) is 52.3 Å². The van der Waals surface area contributed by atoms with E-state index in [9.17, 15) is 4.79 Å². The predicted octanol–water partition coefficient (Wildman–Crippen LogP) is 4.88. The van der Waals surface area contributed by atoms with Crippen molar-refractivity contribution in [3.05, 3.63) is 35.9 Å². The lowest BCUT2D eigenvalue weighted by atomic mass is 9.96. The van der Waals surface area contributed by atoms with Crippen LogP contribution in [0, 0.1) is 5.92 Å². The van der Waals surface area contributed by atoms with Gasteiger partial charge in [0, 0.05) is 0 Å². The molecule has 0 spiro atoms. The lowest BCUT2D eigenvalue weighted by molar-refractivity contribution is -0.146. The van der Waals surface area contributed by atoms with E-state index >= 15 is 0 Å². The first-order valence-electron chi connectivity index (χ1n) is 9.63. The van der Waals surface area contributed by atoms with E-state index in [0.717, 1.165) is 18.4 Å². The highest BCUT2D eigenvalue weighted by Crippen LogP contribution is 2.18. The molecule has 0 saturated heterocycles. The first kappa shape index (κ1) is 20.7. The van der Waals surface area contributed by atoms with Gasteiger partial charge in [-0.05, 0) is 30.7 Å². The number of nitrogens with two attached hydrogens (primary N) is 1. The Morgan fingerprint density at radius 2 is 1.58 bits per heavy atom. The SMILES string of the molecule is CCCCCC(CCCCC)COC(=O)C(N)Cc1ccccc1. The molecular formula is C21H35NO2. The van der Waals surface area contributed by atoms with Crippen LogP contribution in [0.25, 0.3) is 0 Å². The maximum absolute atomic E-state index is 12.2. The molecule has 1 rings (SSSR count). The molecule has 3 nitrogen and oxygen atoms in total. The van der Waals surface area contributed by atoms with Crippen molar-refractivity contribution in [3.8, 4) is 0 Å². The first-order chi connectivity index (χ1) is 11.7. The molecule has 0 aliphatic heterocycles. The largest absolute Gasteiger partial charge is 0.464 e. The van der Waals surface area contributed by atoms with Crippen molar-refractivity contribution in [2.24, 2.45) is 11.7 Å². The number of hydrogen-bond acceptors (Lipinski definition) is 3. The van der Waals surface area contributed by atoms with E-state index in [4.69, 9.17) is 10.5 Å². The summed E-state index contributed by atoms with van der Waals surface area (Å²) in [6, 6.07) is 9.30. The molecule has 0 radical (unpaired) electrons. The Bertz CT molecular complexity index is 423. The van der Waals surface area contributed by atoms with Gasteiger partial charge in [0.1, 0.15) is 6.04 Å². The molecule has 0 saturated carbocycles. The minimum atomic E-state index is -0.570. The van der Waals surface area contributed by atoms with Crippen LogP contribution in [0.4, 0.5) is 0 Å². The van der Waals surface area contributed by atoms with Gasteiger partial charge in [-0.15, -0.1) is 0 Å². The van der Waals surface area contributed by atoms with Crippen molar-refractivity contribution in [1.29, 1.82) is 0 Å². The van der Waals surface area contributed by atoms with Crippen molar-refractivity contribution in [2.45, 2.75) is 77.7 Å². The standard InChI is InChI=1S/C21H35NO2/c1-3-5-8-14-19(15-9-6-4-2)17-24-21(23)20(22)16-18-12-10-7-11-13-18/h7,10-13,19-20H,3-6,8-9,14-17,22H2,1-2H3. The molecule has 0 fully saturated rings. The third kappa shape index (κ3) is 9.07. The molecule has 2 N–H and O–H groups in total. The molecule has 0 bridgehead atoms. The molecular weight excluding hydrogens is 298 g/mol. The highest BCUT2D eigenvalue weighted by molar-refractivity contribution is 5.75. The van der Waals surface area contributed by atoms with Gasteiger partial charge in [-0.25, -0.2) is 0 Å². The molecule has 1 aromatic carbocycles. The molecule has 24 heavy (non-hydrogen) atoms. The van der Waals surface area contributed by atoms with Crippen LogP contribution in [0.5, 0.6) is 0 Å². The number of ether oxygens (including phenoxy) is 1. The molecule has 0 aromatic heterocycles. The first-order valence-corrected chi connectivity index (χ1v) is 9.63. The molecule has 0 aliphatic rings. The minimum Gasteiger partial charge on any atom is -0.464 e. The average Bonchev–Trinajstić information content (AvgIpc) is 2.60. The van der Waals surface area contributed by atoms with Gasteiger partial charge < -0.3 is 10.5 Å². The van der Waals surface area contributed by atoms with E-state index in [1.54, 1.807) is 0 Å². The fourth-order valence-electron chi connectivity index (χ4n) is 2.94. The third-order valence-electron chi connectivity index (χ3n) is 4.49. The van der Waals surface area contributed by atoms with Crippen LogP contribution in [0.1, 0.15) is 70.8 Å². The molecule has 1 aromatic rings. The van der Waals surface area contributed by atoms with Crippen LogP contribution >= 0.6 is 0 Å². The van der Waals surface area contributed by atoms with E-state index in [0.29, 0.717) is 18.9 Å². The Hall–Kier alpha value is -1.35. The van der Waals surface area contributed by atoms with E-state index in [1.807, 2.05) is 30.3 Å². The zero-order valence-corrected chi connectivity index (χ0v) is 15.5. The summed E-state index contributed by atoms with van der Waals surface area (Å²) in [5.41, 5.74) is 7.08. The van der Waals surface area contributed by atoms with Gasteiger partial charge in [0.05, 0.1) is 6.61 Å². The van der Waals surface area contributed by atoms with Gasteiger partial charge >= 0.3 is 5.97 Å². The maximum Gasteiger partial charge on any atom is 0.323 e. The molecule has 1 atom stereocenters. The normalized spacial score (nSPS) is 12.3. The van der Waals surface area contributed by atoms with Crippen molar-refractivity contribution < 1.29 is 9.53 Å². The Morgan fingerprint density at radius 1 is 1.00 bits per heavy atom. The second-order valence-corrected chi connectivity index (χ2v) is 6.78. The van der Waals surface area contributed by atoms with Crippen LogP contribution in [0.2, 0.25) is 0 Å². The van der Waals surface area contributed by atoms with Crippen LogP contribution in [-0.2, 0) is 16.0 Å². The van der Waals surface area contributed by atoms with E-state index in [-0.39, 0.29) is 5.97 Å². The molecule has 3 heteroatoms. The van der Waals surface area contributed by atoms with Crippen molar-refractivity contribution in [2.75, 3.05) is 6.61 Å². The molecule has 0 aliphatic carbocycles. The monoisotopic (exact) mass is 333 g/mol. The van der Waals surface area contributed by atoms with E-state index in [1.165, 1.54) is 38.5 Å². The Balaban J connectivity index is 2.37. The summed E-state index contributed by atoms with van der Waals surface area (Å²) in [5.74, 6) is 0.214. The second-order valence-electron chi connectivity index (χ2n) is 6.78. The molecule has 0 heterocycles. The van der Waals surface area contributed by atoms with Crippen LogP contribution in [0.15, 0.2) is 30.3 Å². The number of unbranched alkanes of at least 4 members (excludes halogenated alkanes) is 4. The van der Waals surface area contributed by atoms with Crippen LogP contribution in [-0.4, -0.2) is 18.6 Å². The Morgan fingerprint density at radius 3 is 2.12 bits per heavy atom. The van der Waals surface area contributed by atoms with Crippen molar-refractivity contribution >= 4 is 5.97 Å². The van der Waals surface area contributed by atoms with Gasteiger partial charge in [-0.1, -0.05) is 82.7 Å². The number of benzene rings is 1. The summed E-state index contributed by atoms with van der Waals surface area (Å²) in [4.78, 5) is 12.2. The average molecular weight is 334 g/mol. The molecule has 136 valence electrons. The zero-order chi connectivity index (χ0) is 17.6. The second kappa shape index (κ2) is 13.0. The highest BCUT2D eigenvalue weighted by Gasteiger charge is 2.18. The fraction of sp³-hybridized carbons (Fsp3) is 0.667. The van der Waals surface area contributed by atoms with Crippen molar-refractivity contribution in [3.63, 3.8) is 0 Å². The lowest BCUT2D eigenvalue weighted by Crippen LogP contribution is -2.35. The van der Waals surface area contributed by atoms with Crippen LogP contribution in [0.3, 0.4) is 0 Å². The van der Waals surface area contributed by atoms with Crippen LogP contribution < -0.4 is 5.73 Å². The number of hydrogen-bond donors (Lipinski definition) is 1. The molecule has 0 amide bonds. The summed E-state index contributed by atoms with van der Waals surface area (Å²) in [6.07, 6.45) is 10.2. The highest BCUT2D eigenvalue weighted by atomic mass is 16.5. The van der Waals surface area contributed by atoms with Crippen molar-refractivity contribution in [1.82, 2.24) is 0 Å². The van der Waals surface area contributed by atoms with Gasteiger partial charge in [0.2, 0.25) is 0 Å². The number of rotatable bonds is 13. The Labute approximate surface area is 148 Å². The summed E-state index contributed by atoms with van der Waals surface area (Å²) in [7, 11) is 0. The van der Waals surface area contributed by atoms with Gasteiger partial charge in [0.25, 0.3) is 0 Å². The van der Waals surface area contributed by atoms with Gasteiger partial charge in [-0.2, -0.15) is 0 Å². The summed E-state index contributed by atoms with van der Waals surface area (Å²) >= 11 is 0. The summed E-state index contributed by atoms with van der Waals surface area (Å²) in [6.45, 7) is 4.96. The summed E-state index contributed by atoms with van der Waals surface area (Å²) in [5, 5.41) is 0. The minimum absolute atomic E-state index is 0.269. The summed E-state index contributed by atoms with van der Waals surface area (Å²) < 4.78 is 5.54. The van der Waals surface area contributed by atoms with E-state index < -0.39 is 6.04 Å². The predicted molar refractivity (Wildman–Crippen MR) is 101 cm³/mol. The Kier molecular flexibility index (Phi) is 11.2. The molecule has 1 unspecified atom stereocenters. The van der Waals surface area contributed by atoms with E-state index in [2.05, 4.69) is 13.8 Å². The van der Waals surface area contributed by atoms with Gasteiger partial charge in [-0.3, -0.25) is 4.79 Å². The van der Waals surface area contributed by atoms with Gasteiger partial charge in [0.15, 0.2) is 0 Å². The quantitative estimate of drug-likeness (QED) is 0.413. The number of carbonyl (C=O) groups is 1. The zero-order valence-electron chi connectivity index (χ0n) is 15.5. The number of carbonyl (C=O) groups excluding carboxylic acids is 1. The number of esters is 1. The lowest BCUT2D eigenvalue weighted by Gasteiger charge is -2.18. The third-order valence-corrected chi connectivity index (χ3v) is 4.49. The fourth-order valence-corrected chi connectivity index (χ4v) is 2.94. The maximum atomic E-state index is 12.2. The smallest absolute Gasteiger partial charge is 0.323 e.